The topological polar surface area (TPSA) is 75.1 Å². The Hall–Kier alpha value is -2.43. The highest BCUT2D eigenvalue weighted by atomic mass is 16.4. The van der Waals surface area contributed by atoms with E-state index in [4.69, 9.17) is 5.11 Å². The summed E-state index contributed by atoms with van der Waals surface area (Å²) in [7, 11) is 0. The summed E-state index contributed by atoms with van der Waals surface area (Å²) in [5.41, 5.74) is 1.80. The van der Waals surface area contributed by atoms with Crippen molar-refractivity contribution in [3.63, 3.8) is 0 Å². The average molecular weight is 229 g/mol. The molecule has 86 valence electrons. The van der Waals surface area contributed by atoms with Crippen LogP contribution in [0.15, 0.2) is 42.9 Å². The molecule has 0 aliphatic rings. The fourth-order valence-electron chi connectivity index (χ4n) is 1.38. The molecular formula is C12H11N3O2. The van der Waals surface area contributed by atoms with Crippen LogP contribution in [0.3, 0.4) is 0 Å². The van der Waals surface area contributed by atoms with E-state index >= 15 is 0 Å². The number of anilines is 1. The molecule has 0 amide bonds. The highest BCUT2D eigenvalue weighted by Crippen LogP contribution is 2.11. The van der Waals surface area contributed by atoms with Crippen molar-refractivity contribution in [2.75, 3.05) is 5.32 Å². The minimum atomic E-state index is -0.937. The zero-order chi connectivity index (χ0) is 12.1. The summed E-state index contributed by atoms with van der Waals surface area (Å²) in [6.07, 6.45) is 4.88. The Morgan fingerprint density at radius 2 is 2.24 bits per heavy atom. The molecule has 0 atom stereocenters. The summed E-state index contributed by atoms with van der Waals surface area (Å²) in [5, 5.41) is 11.9. The van der Waals surface area contributed by atoms with Gasteiger partial charge < -0.3 is 10.4 Å². The second kappa shape index (κ2) is 5.07. The van der Waals surface area contributed by atoms with E-state index < -0.39 is 5.97 Å². The maximum atomic E-state index is 10.8. The first-order valence-corrected chi connectivity index (χ1v) is 5.08. The molecule has 1 heterocycles. The number of aromatic nitrogens is 2. The second-order valence-corrected chi connectivity index (χ2v) is 3.44. The molecule has 5 heteroatoms. The SMILES string of the molecule is O=C(O)c1cccc(NCc2cnccn2)c1. The van der Waals surface area contributed by atoms with Gasteiger partial charge in [-0.3, -0.25) is 9.97 Å². The van der Waals surface area contributed by atoms with Crippen molar-refractivity contribution in [1.29, 1.82) is 0 Å². The van der Waals surface area contributed by atoms with Crippen LogP contribution in [0.5, 0.6) is 0 Å². The highest BCUT2D eigenvalue weighted by Gasteiger charge is 2.02. The molecule has 0 radical (unpaired) electrons. The van der Waals surface area contributed by atoms with E-state index in [0.717, 1.165) is 11.4 Å². The molecule has 0 aliphatic heterocycles. The third-order valence-electron chi connectivity index (χ3n) is 2.20. The number of nitrogens with zero attached hydrogens (tertiary/aromatic N) is 2. The molecule has 0 saturated carbocycles. The van der Waals surface area contributed by atoms with Crippen LogP contribution in [-0.4, -0.2) is 21.0 Å². The van der Waals surface area contributed by atoms with Gasteiger partial charge in [0.1, 0.15) is 0 Å². The van der Waals surface area contributed by atoms with Crippen molar-refractivity contribution < 1.29 is 9.90 Å². The van der Waals surface area contributed by atoms with Crippen LogP contribution in [0.2, 0.25) is 0 Å². The standard InChI is InChI=1S/C12H11N3O2/c16-12(17)9-2-1-3-10(6-9)15-8-11-7-13-4-5-14-11/h1-7,15H,8H2,(H,16,17). The largest absolute Gasteiger partial charge is 0.478 e. The molecular weight excluding hydrogens is 218 g/mol. The van der Waals surface area contributed by atoms with E-state index in [0.29, 0.717) is 6.54 Å². The first-order chi connectivity index (χ1) is 8.25. The van der Waals surface area contributed by atoms with Crippen molar-refractivity contribution in [3.8, 4) is 0 Å². The molecule has 17 heavy (non-hydrogen) atoms. The van der Waals surface area contributed by atoms with Gasteiger partial charge in [-0.15, -0.1) is 0 Å². The summed E-state index contributed by atoms with van der Waals surface area (Å²) in [6, 6.07) is 6.64. The summed E-state index contributed by atoms with van der Waals surface area (Å²) in [4.78, 5) is 18.8. The van der Waals surface area contributed by atoms with Crippen LogP contribution in [-0.2, 0) is 6.54 Å². The van der Waals surface area contributed by atoms with Crippen molar-refractivity contribution in [3.05, 3.63) is 54.1 Å². The Morgan fingerprint density at radius 3 is 2.94 bits per heavy atom. The van der Waals surface area contributed by atoms with Crippen LogP contribution < -0.4 is 5.32 Å². The van der Waals surface area contributed by atoms with Gasteiger partial charge >= 0.3 is 5.97 Å². The van der Waals surface area contributed by atoms with Crippen molar-refractivity contribution in [2.24, 2.45) is 0 Å². The van der Waals surface area contributed by atoms with E-state index in [1.165, 1.54) is 0 Å². The summed E-state index contributed by atoms with van der Waals surface area (Å²) in [6.45, 7) is 0.511. The maximum Gasteiger partial charge on any atom is 0.335 e. The smallest absolute Gasteiger partial charge is 0.335 e. The lowest BCUT2D eigenvalue weighted by atomic mass is 10.2. The molecule has 2 rings (SSSR count). The number of carboxylic acid groups (broad SMARTS) is 1. The fourth-order valence-corrected chi connectivity index (χ4v) is 1.38. The molecule has 0 aliphatic carbocycles. The molecule has 1 aromatic heterocycles. The van der Waals surface area contributed by atoms with E-state index in [1.807, 2.05) is 6.07 Å². The Kier molecular flexibility index (Phi) is 3.30. The van der Waals surface area contributed by atoms with E-state index in [-0.39, 0.29) is 5.56 Å². The quantitative estimate of drug-likeness (QED) is 0.835. The van der Waals surface area contributed by atoms with Gasteiger partial charge in [0.15, 0.2) is 0 Å². The van der Waals surface area contributed by atoms with Gasteiger partial charge in [0.25, 0.3) is 0 Å². The van der Waals surface area contributed by atoms with Crippen LogP contribution in [0.25, 0.3) is 0 Å². The molecule has 5 nitrogen and oxygen atoms in total. The van der Waals surface area contributed by atoms with E-state index in [1.54, 1.807) is 36.8 Å². The normalized spacial score (nSPS) is 9.88. The molecule has 2 aromatic rings. The first kappa shape index (κ1) is 11.1. The third kappa shape index (κ3) is 3.01. The predicted octanol–water partition coefficient (Wildman–Crippen LogP) is 1.79. The monoisotopic (exact) mass is 229 g/mol. The molecule has 1 aromatic carbocycles. The summed E-state index contributed by atoms with van der Waals surface area (Å²) in [5.74, 6) is -0.937. The number of carbonyl (C=O) groups is 1. The van der Waals surface area contributed by atoms with Crippen molar-refractivity contribution in [1.82, 2.24) is 9.97 Å². The van der Waals surface area contributed by atoms with Gasteiger partial charge in [-0.1, -0.05) is 6.07 Å². The third-order valence-corrected chi connectivity index (χ3v) is 2.20. The van der Waals surface area contributed by atoms with E-state index in [9.17, 15) is 4.79 Å². The molecule has 0 unspecified atom stereocenters. The Morgan fingerprint density at radius 1 is 1.35 bits per heavy atom. The number of rotatable bonds is 4. The van der Waals surface area contributed by atoms with Crippen molar-refractivity contribution >= 4 is 11.7 Å². The lowest BCUT2D eigenvalue weighted by Gasteiger charge is -2.06. The minimum absolute atomic E-state index is 0.258. The number of benzene rings is 1. The summed E-state index contributed by atoms with van der Waals surface area (Å²) >= 11 is 0. The van der Waals surface area contributed by atoms with Gasteiger partial charge in [0.05, 0.1) is 24.0 Å². The number of carboxylic acids is 1. The van der Waals surface area contributed by atoms with Crippen LogP contribution >= 0.6 is 0 Å². The second-order valence-electron chi connectivity index (χ2n) is 3.44. The number of hydrogen-bond acceptors (Lipinski definition) is 4. The van der Waals surface area contributed by atoms with Crippen molar-refractivity contribution in [2.45, 2.75) is 6.54 Å². The highest BCUT2D eigenvalue weighted by molar-refractivity contribution is 5.88. The molecule has 2 N–H and O–H groups in total. The lowest BCUT2D eigenvalue weighted by molar-refractivity contribution is 0.0697. The van der Waals surface area contributed by atoms with Crippen LogP contribution in [0.4, 0.5) is 5.69 Å². The number of nitrogens with one attached hydrogen (secondary N) is 1. The minimum Gasteiger partial charge on any atom is -0.478 e. The zero-order valence-electron chi connectivity index (χ0n) is 9.00. The van der Waals surface area contributed by atoms with Gasteiger partial charge in [-0.05, 0) is 18.2 Å². The van der Waals surface area contributed by atoms with Gasteiger partial charge in [-0.25, -0.2) is 4.79 Å². The maximum absolute atomic E-state index is 10.8. The Balaban J connectivity index is 2.04. The Labute approximate surface area is 98.2 Å². The van der Waals surface area contributed by atoms with Gasteiger partial charge in [0.2, 0.25) is 0 Å². The zero-order valence-corrected chi connectivity index (χ0v) is 9.00. The Bertz CT molecular complexity index is 514. The molecule has 0 bridgehead atoms. The van der Waals surface area contributed by atoms with E-state index in [2.05, 4.69) is 15.3 Å². The van der Waals surface area contributed by atoms with Crippen LogP contribution in [0.1, 0.15) is 16.1 Å². The number of aromatic carboxylic acids is 1. The molecule has 0 spiro atoms. The predicted molar refractivity (Wildman–Crippen MR) is 62.8 cm³/mol. The first-order valence-electron chi connectivity index (χ1n) is 5.08. The molecule has 0 fully saturated rings. The van der Waals surface area contributed by atoms with Gasteiger partial charge in [-0.2, -0.15) is 0 Å². The number of hydrogen-bond donors (Lipinski definition) is 2. The summed E-state index contributed by atoms with van der Waals surface area (Å²) < 4.78 is 0. The average Bonchev–Trinajstić information content (AvgIpc) is 2.38. The van der Waals surface area contributed by atoms with Gasteiger partial charge in [0, 0.05) is 18.1 Å². The lowest BCUT2D eigenvalue weighted by Crippen LogP contribution is -2.03. The fraction of sp³-hybridized carbons (Fsp3) is 0.0833. The molecule has 0 saturated heterocycles. The van der Waals surface area contributed by atoms with Crippen LogP contribution in [0, 0.1) is 0 Å².